The lowest BCUT2D eigenvalue weighted by Crippen LogP contribution is -2.34. The van der Waals surface area contributed by atoms with Crippen LogP contribution in [-0.2, 0) is 6.42 Å². The van der Waals surface area contributed by atoms with E-state index in [9.17, 15) is 4.79 Å². The monoisotopic (exact) mass is 259 g/mol. The van der Waals surface area contributed by atoms with Gasteiger partial charge in [0, 0.05) is 29.4 Å². The van der Waals surface area contributed by atoms with Crippen LogP contribution in [-0.4, -0.2) is 11.9 Å². The summed E-state index contributed by atoms with van der Waals surface area (Å²) in [6, 6.07) is 8.48. The number of amides is 1. The summed E-state index contributed by atoms with van der Waals surface area (Å²) in [7, 11) is 0. The molecule has 5 heteroatoms. The number of carbonyl (C=O) groups excluding carboxylic acids is 1. The lowest BCUT2D eigenvalue weighted by atomic mass is 10.1. The Labute approximate surface area is 111 Å². The van der Waals surface area contributed by atoms with Crippen LogP contribution in [0.15, 0.2) is 41.0 Å². The molecule has 0 aliphatic heterocycles. The molecule has 1 amide bonds. The Morgan fingerprint density at radius 2 is 2.00 bits per heavy atom. The van der Waals surface area contributed by atoms with Gasteiger partial charge in [0.05, 0.1) is 6.26 Å². The van der Waals surface area contributed by atoms with E-state index >= 15 is 0 Å². The lowest BCUT2D eigenvalue weighted by molar-refractivity contribution is 0.0939. The molecule has 0 bridgehead atoms. The Bertz CT molecular complexity index is 544. The molecule has 2 rings (SSSR count). The first-order valence-corrected chi connectivity index (χ1v) is 6.04. The van der Waals surface area contributed by atoms with Gasteiger partial charge in [0.2, 0.25) is 0 Å². The van der Waals surface area contributed by atoms with E-state index in [1.165, 1.54) is 0 Å². The minimum Gasteiger partial charge on any atom is -0.469 e. The van der Waals surface area contributed by atoms with Gasteiger partial charge in [0.25, 0.3) is 5.91 Å². The van der Waals surface area contributed by atoms with Crippen LogP contribution in [0.25, 0.3) is 0 Å². The van der Waals surface area contributed by atoms with Gasteiger partial charge in [-0.3, -0.25) is 4.79 Å². The van der Waals surface area contributed by atoms with Crippen LogP contribution in [0.2, 0.25) is 0 Å². The van der Waals surface area contributed by atoms with E-state index in [1.54, 1.807) is 24.5 Å². The molecule has 0 saturated carbocycles. The van der Waals surface area contributed by atoms with Gasteiger partial charge in [-0.1, -0.05) is 0 Å². The first-order valence-electron chi connectivity index (χ1n) is 6.04. The maximum atomic E-state index is 12.0. The zero-order chi connectivity index (χ0) is 13.8. The van der Waals surface area contributed by atoms with Crippen molar-refractivity contribution in [1.82, 2.24) is 5.32 Å². The third-order valence-corrected chi connectivity index (χ3v) is 2.70. The number of hydrogen-bond donors (Lipinski definition) is 3. The normalized spacial score (nSPS) is 12.1. The lowest BCUT2D eigenvalue weighted by Gasteiger charge is -2.13. The van der Waals surface area contributed by atoms with Crippen LogP contribution in [0.4, 0.5) is 11.4 Å². The van der Waals surface area contributed by atoms with E-state index in [4.69, 9.17) is 15.9 Å². The molecule has 0 radical (unpaired) electrons. The van der Waals surface area contributed by atoms with Crippen molar-refractivity contribution in [1.29, 1.82) is 0 Å². The Hall–Kier alpha value is -2.43. The average Bonchev–Trinajstić information content (AvgIpc) is 2.80. The highest BCUT2D eigenvalue weighted by atomic mass is 16.3. The maximum absolute atomic E-state index is 12.0. The van der Waals surface area contributed by atoms with E-state index in [2.05, 4.69) is 5.32 Å². The summed E-state index contributed by atoms with van der Waals surface area (Å²) >= 11 is 0. The van der Waals surface area contributed by atoms with Crippen LogP contribution in [0, 0.1) is 0 Å². The molecule has 1 unspecified atom stereocenters. The molecule has 0 aliphatic rings. The number of benzene rings is 1. The summed E-state index contributed by atoms with van der Waals surface area (Å²) in [4.78, 5) is 12.0. The number of nitrogens with two attached hydrogens (primary N) is 2. The second-order valence-corrected chi connectivity index (χ2v) is 4.55. The molecule has 1 aromatic heterocycles. The Kier molecular flexibility index (Phi) is 3.75. The second-order valence-electron chi connectivity index (χ2n) is 4.55. The number of nitrogens with one attached hydrogen (secondary N) is 1. The summed E-state index contributed by atoms with van der Waals surface area (Å²) in [6.07, 6.45) is 2.25. The van der Waals surface area contributed by atoms with Crippen LogP contribution >= 0.6 is 0 Å². The molecule has 0 fully saturated rings. The van der Waals surface area contributed by atoms with Crippen molar-refractivity contribution in [3.63, 3.8) is 0 Å². The minimum absolute atomic E-state index is 0.0405. The van der Waals surface area contributed by atoms with Crippen molar-refractivity contribution >= 4 is 17.3 Å². The zero-order valence-electron chi connectivity index (χ0n) is 10.7. The first-order chi connectivity index (χ1) is 9.04. The third kappa shape index (κ3) is 3.51. The average molecular weight is 259 g/mol. The summed E-state index contributed by atoms with van der Waals surface area (Å²) in [5, 5.41) is 2.88. The molecular formula is C14H17N3O2. The topological polar surface area (TPSA) is 94.3 Å². The van der Waals surface area contributed by atoms with Crippen molar-refractivity contribution in [3.05, 3.63) is 47.9 Å². The van der Waals surface area contributed by atoms with Gasteiger partial charge in [-0.05, 0) is 37.3 Å². The van der Waals surface area contributed by atoms with Crippen LogP contribution in [0.1, 0.15) is 23.0 Å². The number of anilines is 2. The second kappa shape index (κ2) is 5.48. The van der Waals surface area contributed by atoms with E-state index in [0.717, 1.165) is 5.76 Å². The highest BCUT2D eigenvalue weighted by Gasteiger charge is 2.12. The number of hydrogen-bond acceptors (Lipinski definition) is 4. The van der Waals surface area contributed by atoms with Crippen molar-refractivity contribution < 1.29 is 9.21 Å². The van der Waals surface area contributed by atoms with Crippen molar-refractivity contribution in [3.8, 4) is 0 Å². The quantitative estimate of drug-likeness (QED) is 0.730. The SMILES string of the molecule is CC(Cc1ccco1)NC(=O)c1cc(N)cc(N)c1. The highest BCUT2D eigenvalue weighted by Crippen LogP contribution is 2.14. The predicted octanol–water partition coefficient (Wildman–Crippen LogP) is 1.80. The minimum atomic E-state index is -0.196. The molecule has 1 atom stereocenters. The molecule has 19 heavy (non-hydrogen) atoms. The Morgan fingerprint density at radius 1 is 1.32 bits per heavy atom. The zero-order valence-corrected chi connectivity index (χ0v) is 10.7. The predicted molar refractivity (Wildman–Crippen MR) is 74.6 cm³/mol. The third-order valence-electron chi connectivity index (χ3n) is 2.70. The molecule has 2 aromatic rings. The maximum Gasteiger partial charge on any atom is 0.251 e. The Morgan fingerprint density at radius 3 is 2.58 bits per heavy atom. The van der Waals surface area contributed by atoms with E-state index < -0.39 is 0 Å². The van der Waals surface area contributed by atoms with Gasteiger partial charge in [-0.25, -0.2) is 0 Å². The molecule has 1 heterocycles. The number of furan rings is 1. The molecule has 5 nitrogen and oxygen atoms in total. The first kappa shape index (κ1) is 13.0. The van der Waals surface area contributed by atoms with Crippen molar-refractivity contribution in [2.24, 2.45) is 0 Å². The molecule has 1 aromatic carbocycles. The molecule has 100 valence electrons. The molecular weight excluding hydrogens is 242 g/mol. The smallest absolute Gasteiger partial charge is 0.251 e. The number of carbonyl (C=O) groups is 1. The summed E-state index contributed by atoms with van der Waals surface area (Å²) in [6.45, 7) is 1.91. The van der Waals surface area contributed by atoms with E-state index in [1.807, 2.05) is 19.1 Å². The summed E-state index contributed by atoms with van der Waals surface area (Å²) < 4.78 is 5.24. The van der Waals surface area contributed by atoms with Gasteiger partial charge >= 0.3 is 0 Å². The van der Waals surface area contributed by atoms with Crippen LogP contribution < -0.4 is 16.8 Å². The standard InChI is InChI=1S/C14H17N3O2/c1-9(5-13-3-2-4-19-13)17-14(18)10-6-11(15)8-12(16)7-10/h2-4,6-9H,5,15-16H2,1H3,(H,17,18). The highest BCUT2D eigenvalue weighted by molar-refractivity contribution is 5.96. The molecule has 0 spiro atoms. The van der Waals surface area contributed by atoms with Crippen molar-refractivity contribution in [2.45, 2.75) is 19.4 Å². The number of nitrogen functional groups attached to an aromatic ring is 2. The van der Waals surface area contributed by atoms with Gasteiger partial charge in [0.1, 0.15) is 5.76 Å². The molecule has 0 aliphatic carbocycles. The summed E-state index contributed by atoms with van der Waals surface area (Å²) in [5.41, 5.74) is 12.7. The fourth-order valence-corrected chi connectivity index (χ4v) is 1.90. The fourth-order valence-electron chi connectivity index (χ4n) is 1.90. The Balaban J connectivity index is 2.00. The van der Waals surface area contributed by atoms with Crippen molar-refractivity contribution in [2.75, 3.05) is 11.5 Å². The van der Waals surface area contributed by atoms with Gasteiger partial charge in [-0.2, -0.15) is 0 Å². The van der Waals surface area contributed by atoms with Gasteiger partial charge in [0.15, 0.2) is 0 Å². The van der Waals surface area contributed by atoms with E-state index in [-0.39, 0.29) is 11.9 Å². The van der Waals surface area contributed by atoms with Crippen LogP contribution in [0.3, 0.4) is 0 Å². The largest absolute Gasteiger partial charge is 0.469 e. The molecule has 5 N–H and O–H groups in total. The van der Waals surface area contributed by atoms with Gasteiger partial charge in [-0.15, -0.1) is 0 Å². The number of rotatable bonds is 4. The van der Waals surface area contributed by atoms with Crippen LogP contribution in [0.5, 0.6) is 0 Å². The van der Waals surface area contributed by atoms with E-state index in [0.29, 0.717) is 23.4 Å². The summed E-state index contributed by atoms with van der Waals surface area (Å²) in [5.74, 6) is 0.637. The van der Waals surface area contributed by atoms with Gasteiger partial charge < -0.3 is 21.2 Å². The fraction of sp³-hybridized carbons (Fsp3) is 0.214. The molecule has 0 saturated heterocycles.